The highest BCUT2D eigenvalue weighted by molar-refractivity contribution is 7.89. The Hall–Kier alpha value is -2.81. The highest BCUT2D eigenvalue weighted by Gasteiger charge is 2.32. The van der Waals surface area contributed by atoms with Crippen LogP contribution in [0.25, 0.3) is 10.9 Å². The molecule has 0 bridgehead atoms. The number of ether oxygens (including phenoxy) is 1. The molecule has 3 aromatic rings. The van der Waals surface area contributed by atoms with E-state index < -0.39 is 10.0 Å². The number of aromatic nitrogens is 1. The predicted molar refractivity (Wildman–Crippen MR) is 115 cm³/mol. The summed E-state index contributed by atoms with van der Waals surface area (Å²) in [4.78, 5) is 17.2. The van der Waals surface area contributed by atoms with Crippen molar-refractivity contribution in [1.29, 1.82) is 0 Å². The number of carbonyl (C=O) groups excluding carboxylic acids is 1. The van der Waals surface area contributed by atoms with Gasteiger partial charge in [0.05, 0.1) is 28.3 Å². The van der Waals surface area contributed by atoms with E-state index in [1.807, 2.05) is 38.1 Å². The normalized spacial score (nSPS) is 20.2. The summed E-state index contributed by atoms with van der Waals surface area (Å²) in [6, 6.07) is 15.3. The number of para-hydroxylation sites is 1. The molecule has 0 aliphatic carbocycles. The Morgan fingerprint density at radius 2 is 1.70 bits per heavy atom. The predicted octanol–water partition coefficient (Wildman–Crippen LogP) is 3.29. The number of hydrogen-bond acceptors (Lipinski definition) is 5. The van der Waals surface area contributed by atoms with Gasteiger partial charge in [0.25, 0.3) is 5.91 Å². The van der Waals surface area contributed by atoms with Crippen molar-refractivity contribution in [1.82, 2.24) is 9.29 Å². The average Bonchev–Trinajstić information content (AvgIpc) is 2.73. The highest BCUT2D eigenvalue weighted by Crippen LogP contribution is 2.23. The first kappa shape index (κ1) is 20.5. The standard InChI is InChI=1S/C22H23N3O4S/c1-15-13-25(14-16(2)29-15)30(27,28)19-10-8-18(9-11-19)22(26)24-20-7-3-5-17-6-4-12-23-21(17)20/h3-12,15-16H,13-14H2,1-2H3,(H,24,26). The molecule has 1 fully saturated rings. The van der Waals surface area contributed by atoms with E-state index in [2.05, 4.69) is 10.3 Å². The molecule has 2 heterocycles. The number of fused-ring (bicyclic) bond motifs is 1. The highest BCUT2D eigenvalue weighted by atomic mass is 32.2. The summed E-state index contributed by atoms with van der Waals surface area (Å²) in [5.41, 5.74) is 1.67. The van der Waals surface area contributed by atoms with E-state index in [0.717, 1.165) is 5.39 Å². The molecule has 1 N–H and O–H groups in total. The lowest BCUT2D eigenvalue weighted by molar-refractivity contribution is -0.0440. The first-order valence-corrected chi connectivity index (χ1v) is 11.2. The minimum Gasteiger partial charge on any atom is -0.373 e. The number of pyridine rings is 1. The van der Waals surface area contributed by atoms with Crippen LogP contribution in [0, 0.1) is 0 Å². The third kappa shape index (κ3) is 4.07. The lowest BCUT2D eigenvalue weighted by Crippen LogP contribution is -2.48. The second-order valence-corrected chi connectivity index (χ2v) is 9.38. The Bertz CT molecular complexity index is 1160. The van der Waals surface area contributed by atoms with Crippen LogP contribution in [-0.2, 0) is 14.8 Å². The first-order valence-electron chi connectivity index (χ1n) is 9.75. The third-order valence-corrected chi connectivity index (χ3v) is 6.87. The van der Waals surface area contributed by atoms with Gasteiger partial charge < -0.3 is 10.1 Å². The summed E-state index contributed by atoms with van der Waals surface area (Å²) in [6.07, 6.45) is 1.34. The number of carbonyl (C=O) groups is 1. The molecule has 30 heavy (non-hydrogen) atoms. The molecule has 1 aromatic heterocycles. The van der Waals surface area contributed by atoms with Crippen LogP contribution < -0.4 is 5.32 Å². The fourth-order valence-electron chi connectivity index (χ4n) is 3.65. The van der Waals surface area contributed by atoms with Gasteiger partial charge in [-0.05, 0) is 50.2 Å². The number of amides is 1. The summed E-state index contributed by atoms with van der Waals surface area (Å²) in [7, 11) is -3.65. The fraction of sp³-hybridized carbons (Fsp3) is 0.273. The van der Waals surface area contributed by atoms with Gasteiger partial charge in [0.2, 0.25) is 10.0 Å². The van der Waals surface area contributed by atoms with Crippen LogP contribution in [0.1, 0.15) is 24.2 Å². The number of sulfonamides is 1. The topological polar surface area (TPSA) is 88.6 Å². The number of hydrogen-bond donors (Lipinski definition) is 1. The van der Waals surface area contributed by atoms with Gasteiger partial charge in [-0.25, -0.2) is 8.42 Å². The summed E-state index contributed by atoms with van der Waals surface area (Å²) < 4.78 is 33.0. The van der Waals surface area contributed by atoms with Gasteiger partial charge in [0.15, 0.2) is 0 Å². The van der Waals surface area contributed by atoms with Crippen molar-refractivity contribution in [3.8, 4) is 0 Å². The van der Waals surface area contributed by atoms with Crippen LogP contribution in [0.4, 0.5) is 5.69 Å². The van der Waals surface area contributed by atoms with Crippen LogP contribution >= 0.6 is 0 Å². The van der Waals surface area contributed by atoms with E-state index in [0.29, 0.717) is 29.9 Å². The van der Waals surface area contributed by atoms with Crippen LogP contribution in [0.5, 0.6) is 0 Å². The molecule has 8 heteroatoms. The Morgan fingerprint density at radius 1 is 1.03 bits per heavy atom. The zero-order valence-electron chi connectivity index (χ0n) is 16.8. The van der Waals surface area contributed by atoms with Gasteiger partial charge in [0.1, 0.15) is 0 Å². The van der Waals surface area contributed by atoms with Crippen molar-refractivity contribution in [2.45, 2.75) is 31.0 Å². The van der Waals surface area contributed by atoms with E-state index in [9.17, 15) is 13.2 Å². The lowest BCUT2D eigenvalue weighted by atomic mass is 10.1. The van der Waals surface area contributed by atoms with E-state index in [1.165, 1.54) is 28.6 Å². The molecular weight excluding hydrogens is 402 g/mol. The Balaban J connectivity index is 1.53. The van der Waals surface area contributed by atoms with Crippen molar-refractivity contribution in [2.75, 3.05) is 18.4 Å². The smallest absolute Gasteiger partial charge is 0.255 e. The van der Waals surface area contributed by atoms with Gasteiger partial charge in [0, 0.05) is 30.2 Å². The van der Waals surface area contributed by atoms with Crippen LogP contribution in [0.3, 0.4) is 0 Å². The molecular formula is C22H23N3O4S. The second-order valence-electron chi connectivity index (χ2n) is 7.44. The van der Waals surface area contributed by atoms with Crippen LogP contribution in [-0.4, -0.2) is 48.9 Å². The molecule has 2 aromatic carbocycles. The molecule has 1 amide bonds. The Morgan fingerprint density at radius 3 is 2.40 bits per heavy atom. The van der Waals surface area contributed by atoms with E-state index in [4.69, 9.17) is 4.74 Å². The van der Waals surface area contributed by atoms with E-state index in [-0.39, 0.29) is 23.0 Å². The first-order chi connectivity index (χ1) is 14.3. The molecule has 0 saturated carbocycles. The van der Waals surface area contributed by atoms with Gasteiger partial charge in [-0.3, -0.25) is 9.78 Å². The maximum Gasteiger partial charge on any atom is 0.255 e. The molecule has 4 rings (SSSR count). The number of nitrogens with one attached hydrogen (secondary N) is 1. The molecule has 7 nitrogen and oxygen atoms in total. The zero-order chi connectivity index (χ0) is 21.3. The van der Waals surface area contributed by atoms with E-state index in [1.54, 1.807) is 12.3 Å². The summed E-state index contributed by atoms with van der Waals surface area (Å²) >= 11 is 0. The molecule has 0 radical (unpaired) electrons. The molecule has 1 aliphatic rings. The zero-order valence-corrected chi connectivity index (χ0v) is 17.6. The Kier molecular flexibility index (Phi) is 5.55. The van der Waals surface area contributed by atoms with Crippen LogP contribution in [0.15, 0.2) is 65.7 Å². The molecule has 1 saturated heterocycles. The van der Waals surface area contributed by atoms with Gasteiger partial charge >= 0.3 is 0 Å². The monoisotopic (exact) mass is 425 g/mol. The number of anilines is 1. The fourth-order valence-corrected chi connectivity index (χ4v) is 5.24. The third-order valence-electron chi connectivity index (χ3n) is 5.02. The minimum atomic E-state index is -3.65. The largest absolute Gasteiger partial charge is 0.373 e. The van der Waals surface area contributed by atoms with Crippen molar-refractivity contribution < 1.29 is 17.9 Å². The second kappa shape index (κ2) is 8.14. The van der Waals surface area contributed by atoms with Crippen molar-refractivity contribution in [2.24, 2.45) is 0 Å². The van der Waals surface area contributed by atoms with Gasteiger partial charge in [-0.15, -0.1) is 0 Å². The van der Waals surface area contributed by atoms with Crippen LogP contribution in [0.2, 0.25) is 0 Å². The van der Waals surface area contributed by atoms with Crippen molar-refractivity contribution in [3.05, 3.63) is 66.4 Å². The lowest BCUT2D eigenvalue weighted by Gasteiger charge is -2.34. The molecule has 2 atom stereocenters. The quantitative estimate of drug-likeness (QED) is 0.693. The molecule has 2 unspecified atom stereocenters. The summed E-state index contributed by atoms with van der Waals surface area (Å²) in [6.45, 7) is 4.33. The summed E-state index contributed by atoms with van der Waals surface area (Å²) in [5.74, 6) is -0.328. The number of nitrogens with zero attached hydrogens (tertiary/aromatic N) is 2. The number of morpholine rings is 1. The maximum atomic E-state index is 13.0. The molecule has 1 aliphatic heterocycles. The number of rotatable bonds is 4. The summed E-state index contributed by atoms with van der Waals surface area (Å²) in [5, 5.41) is 3.78. The molecule has 156 valence electrons. The number of benzene rings is 2. The maximum absolute atomic E-state index is 13.0. The Labute approximate surface area is 175 Å². The average molecular weight is 426 g/mol. The van der Waals surface area contributed by atoms with Gasteiger partial charge in [-0.1, -0.05) is 18.2 Å². The van der Waals surface area contributed by atoms with Crippen molar-refractivity contribution in [3.63, 3.8) is 0 Å². The van der Waals surface area contributed by atoms with E-state index >= 15 is 0 Å². The molecule has 0 spiro atoms. The minimum absolute atomic E-state index is 0.159. The van der Waals surface area contributed by atoms with Gasteiger partial charge in [-0.2, -0.15) is 4.31 Å². The SMILES string of the molecule is CC1CN(S(=O)(=O)c2ccc(C(=O)Nc3cccc4cccnc34)cc2)CC(C)O1. The van der Waals surface area contributed by atoms with Crippen molar-refractivity contribution >= 4 is 32.5 Å².